The molecular weight excluding hydrogens is 326 g/mol. The van der Waals surface area contributed by atoms with Gasteiger partial charge in [-0.2, -0.15) is 0 Å². The van der Waals surface area contributed by atoms with E-state index in [0.29, 0.717) is 22.9 Å². The molecule has 2 aliphatic rings. The van der Waals surface area contributed by atoms with Gasteiger partial charge in [-0.15, -0.1) is 0 Å². The Morgan fingerprint density at radius 2 is 1.46 bits per heavy atom. The van der Waals surface area contributed by atoms with Crippen LogP contribution in [0, 0.1) is 0 Å². The zero-order chi connectivity index (χ0) is 18.3. The van der Waals surface area contributed by atoms with Crippen LogP contribution in [0.3, 0.4) is 0 Å². The highest BCUT2D eigenvalue weighted by molar-refractivity contribution is 6.34. The molecule has 0 saturated carbocycles. The molecule has 0 N–H and O–H groups in total. The third kappa shape index (κ3) is 2.78. The second-order valence-electron chi connectivity index (χ2n) is 7.21. The fraction of sp³-hybridized carbons (Fsp3) is 0.333. The molecule has 2 heterocycles. The molecule has 1 unspecified atom stereocenters. The molecule has 0 bridgehead atoms. The fourth-order valence-corrected chi connectivity index (χ4v) is 3.85. The van der Waals surface area contributed by atoms with Gasteiger partial charge in [0.1, 0.15) is 0 Å². The van der Waals surface area contributed by atoms with Crippen molar-refractivity contribution in [3.8, 4) is 0 Å². The number of amides is 2. The second-order valence-corrected chi connectivity index (χ2v) is 7.21. The summed E-state index contributed by atoms with van der Waals surface area (Å²) in [6.07, 6.45) is 2.39. The molecular formula is C21H23N3O2. The normalized spacial score (nSPS) is 20.0. The van der Waals surface area contributed by atoms with Gasteiger partial charge in [0.2, 0.25) is 0 Å². The Labute approximate surface area is 153 Å². The number of rotatable bonds is 3. The second kappa shape index (κ2) is 6.57. The van der Waals surface area contributed by atoms with Crippen molar-refractivity contribution in [1.29, 1.82) is 0 Å². The highest BCUT2D eigenvalue weighted by Gasteiger charge is 2.36. The number of piperidine rings is 1. The summed E-state index contributed by atoms with van der Waals surface area (Å²) >= 11 is 0. The van der Waals surface area contributed by atoms with Crippen LogP contribution < -0.4 is 9.80 Å². The molecule has 0 radical (unpaired) electrons. The summed E-state index contributed by atoms with van der Waals surface area (Å²) in [5.74, 6) is -0.493. The zero-order valence-electron chi connectivity index (χ0n) is 15.2. The van der Waals surface area contributed by atoms with Crippen LogP contribution in [0.4, 0.5) is 11.4 Å². The molecule has 0 aromatic heterocycles. The smallest absolute Gasteiger partial charge is 0.266 e. The number of hydrogen-bond donors (Lipinski definition) is 0. The van der Waals surface area contributed by atoms with Crippen molar-refractivity contribution in [3.05, 3.63) is 59.7 Å². The summed E-state index contributed by atoms with van der Waals surface area (Å²) in [6.45, 7) is 2.04. The van der Waals surface area contributed by atoms with E-state index in [0.717, 1.165) is 18.8 Å². The maximum atomic E-state index is 12.6. The fourth-order valence-electron chi connectivity index (χ4n) is 3.85. The lowest BCUT2D eigenvalue weighted by Gasteiger charge is -2.37. The van der Waals surface area contributed by atoms with Gasteiger partial charge >= 0.3 is 0 Å². The molecule has 134 valence electrons. The zero-order valence-corrected chi connectivity index (χ0v) is 15.2. The van der Waals surface area contributed by atoms with Crippen LogP contribution in [0.1, 0.15) is 33.6 Å². The molecule has 5 heteroatoms. The van der Waals surface area contributed by atoms with Crippen molar-refractivity contribution in [3.63, 3.8) is 0 Å². The van der Waals surface area contributed by atoms with E-state index in [9.17, 15) is 9.59 Å². The average molecular weight is 349 g/mol. The maximum Gasteiger partial charge on any atom is 0.266 e. The molecule has 2 aromatic rings. The minimum absolute atomic E-state index is 0.246. The Hall–Kier alpha value is -2.66. The molecule has 1 fully saturated rings. The predicted molar refractivity (Wildman–Crippen MR) is 103 cm³/mol. The Morgan fingerprint density at radius 3 is 2.04 bits per heavy atom. The number of benzene rings is 2. The lowest BCUT2D eigenvalue weighted by molar-refractivity contribution is 0.0926. The van der Waals surface area contributed by atoms with Crippen LogP contribution in [0.2, 0.25) is 0 Å². The molecule has 4 rings (SSSR count). The van der Waals surface area contributed by atoms with Gasteiger partial charge < -0.3 is 9.80 Å². The first-order valence-electron chi connectivity index (χ1n) is 9.05. The SMILES string of the molecule is CN(C)C1CCCN(c2ccc(N3C(=O)c4ccccc4C3=O)cc2)C1. The number of hydrogen-bond acceptors (Lipinski definition) is 4. The van der Waals surface area contributed by atoms with E-state index in [-0.39, 0.29) is 11.8 Å². The van der Waals surface area contributed by atoms with Gasteiger partial charge in [0.05, 0.1) is 16.8 Å². The largest absolute Gasteiger partial charge is 0.370 e. The van der Waals surface area contributed by atoms with Gasteiger partial charge in [0, 0.05) is 24.8 Å². The van der Waals surface area contributed by atoms with Gasteiger partial charge in [0.25, 0.3) is 11.8 Å². The molecule has 26 heavy (non-hydrogen) atoms. The van der Waals surface area contributed by atoms with Gasteiger partial charge in [-0.1, -0.05) is 12.1 Å². The van der Waals surface area contributed by atoms with Crippen LogP contribution in [0.5, 0.6) is 0 Å². The van der Waals surface area contributed by atoms with Gasteiger partial charge in [0.15, 0.2) is 0 Å². The quantitative estimate of drug-likeness (QED) is 0.799. The first-order valence-corrected chi connectivity index (χ1v) is 9.05. The van der Waals surface area contributed by atoms with Crippen molar-refractivity contribution in [1.82, 2.24) is 4.90 Å². The van der Waals surface area contributed by atoms with Crippen LogP contribution in [0.15, 0.2) is 48.5 Å². The highest BCUT2D eigenvalue weighted by atomic mass is 16.2. The van der Waals surface area contributed by atoms with E-state index in [1.807, 2.05) is 24.3 Å². The van der Waals surface area contributed by atoms with Gasteiger partial charge in [-0.05, 0) is 63.3 Å². The van der Waals surface area contributed by atoms with E-state index in [2.05, 4.69) is 23.9 Å². The number of imide groups is 1. The number of likely N-dealkylation sites (N-methyl/N-ethyl adjacent to an activating group) is 1. The topological polar surface area (TPSA) is 43.9 Å². The summed E-state index contributed by atoms with van der Waals surface area (Å²) in [5, 5.41) is 0. The van der Waals surface area contributed by atoms with Crippen LogP contribution in [-0.2, 0) is 0 Å². The van der Waals surface area contributed by atoms with Crippen molar-refractivity contribution >= 4 is 23.2 Å². The molecule has 2 amide bonds. The minimum Gasteiger partial charge on any atom is -0.370 e. The maximum absolute atomic E-state index is 12.6. The van der Waals surface area contributed by atoms with Crippen LogP contribution >= 0.6 is 0 Å². The molecule has 2 aliphatic heterocycles. The van der Waals surface area contributed by atoms with E-state index >= 15 is 0 Å². The van der Waals surface area contributed by atoms with Crippen molar-refractivity contribution in [2.24, 2.45) is 0 Å². The summed E-state index contributed by atoms with van der Waals surface area (Å²) < 4.78 is 0. The first-order chi connectivity index (χ1) is 12.6. The standard InChI is InChI=1S/C21H23N3O2/c1-22(2)17-6-5-13-23(14-17)15-9-11-16(12-10-15)24-20(25)18-7-3-4-8-19(18)21(24)26/h3-4,7-12,17H,5-6,13-14H2,1-2H3. The molecule has 5 nitrogen and oxygen atoms in total. The van der Waals surface area contributed by atoms with E-state index < -0.39 is 0 Å². The molecule has 1 atom stereocenters. The summed E-state index contributed by atoms with van der Waals surface area (Å²) in [5.41, 5.74) is 2.72. The van der Waals surface area contributed by atoms with Crippen LogP contribution in [0.25, 0.3) is 0 Å². The summed E-state index contributed by atoms with van der Waals surface area (Å²) in [6, 6.07) is 15.3. The predicted octanol–water partition coefficient (Wildman–Crippen LogP) is 3.02. The number of fused-ring (bicyclic) bond motifs is 1. The van der Waals surface area contributed by atoms with E-state index in [1.54, 1.807) is 24.3 Å². The van der Waals surface area contributed by atoms with E-state index in [1.165, 1.54) is 17.7 Å². The Kier molecular flexibility index (Phi) is 4.24. The monoisotopic (exact) mass is 349 g/mol. The first kappa shape index (κ1) is 16.8. The van der Waals surface area contributed by atoms with Crippen molar-refractivity contribution in [2.75, 3.05) is 37.0 Å². The lowest BCUT2D eigenvalue weighted by atomic mass is 10.0. The number of carbonyl (C=O) groups is 2. The van der Waals surface area contributed by atoms with Crippen molar-refractivity contribution < 1.29 is 9.59 Å². The number of nitrogens with zero attached hydrogens (tertiary/aromatic N) is 3. The third-order valence-corrected chi connectivity index (χ3v) is 5.39. The Bertz CT molecular complexity index is 810. The number of carbonyl (C=O) groups excluding carboxylic acids is 2. The molecule has 0 spiro atoms. The number of anilines is 2. The summed E-state index contributed by atoms with van der Waals surface area (Å²) in [7, 11) is 4.25. The minimum atomic E-state index is -0.246. The van der Waals surface area contributed by atoms with Gasteiger partial charge in [-0.3, -0.25) is 9.59 Å². The third-order valence-electron chi connectivity index (χ3n) is 5.39. The molecule has 1 saturated heterocycles. The Morgan fingerprint density at radius 1 is 0.885 bits per heavy atom. The molecule has 2 aromatic carbocycles. The Balaban J connectivity index is 1.56. The average Bonchev–Trinajstić information content (AvgIpc) is 2.93. The lowest BCUT2D eigenvalue weighted by Crippen LogP contribution is -2.45. The summed E-state index contributed by atoms with van der Waals surface area (Å²) in [4.78, 5) is 31.1. The highest BCUT2D eigenvalue weighted by Crippen LogP contribution is 2.30. The van der Waals surface area contributed by atoms with Crippen LogP contribution in [-0.4, -0.2) is 49.9 Å². The molecule has 0 aliphatic carbocycles. The van der Waals surface area contributed by atoms with E-state index in [4.69, 9.17) is 0 Å². The van der Waals surface area contributed by atoms with Crippen molar-refractivity contribution in [2.45, 2.75) is 18.9 Å². The van der Waals surface area contributed by atoms with Gasteiger partial charge in [-0.25, -0.2) is 4.90 Å².